The van der Waals surface area contributed by atoms with Gasteiger partial charge >= 0.3 is 0 Å². The fourth-order valence-corrected chi connectivity index (χ4v) is 6.21. The van der Waals surface area contributed by atoms with Crippen molar-refractivity contribution in [1.82, 2.24) is 24.2 Å². The third-order valence-electron chi connectivity index (χ3n) is 6.07. The molecule has 2 fully saturated rings. The lowest BCUT2D eigenvalue weighted by Crippen LogP contribution is -2.35. The first-order valence-corrected chi connectivity index (χ1v) is 11.1. The van der Waals surface area contributed by atoms with Crippen LogP contribution in [-0.4, -0.2) is 39.2 Å². The van der Waals surface area contributed by atoms with Gasteiger partial charge in [0.05, 0.1) is 17.0 Å². The fraction of sp³-hybridized carbons (Fsp3) is 0.556. The number of fused-ring (bicyclic) bond motifs is 3. The van der Waals surface area contributed by atoms with Crippen LogP contribution in [0.15, 0.2) is 18.5 Å². The Morgan fingerprint density at radius 1 is 1.37 bits per heavy atom. The molecule has 2 aliphatic rings. The molecule has 0 bridgehead atoms. The van der Waals surface area contributed by atoms with Gasteiger partial charge in [-0.3, -0.25) is 0 Å². The van der Waals surface area contributed by atoms with Gasteiger partial charge in [0.15, 0.2) is 0 Å². The summed E-state index contributed by atoms with van der Waals surface area (Å²) in [6.07, 6.45) is 7.68. The molecule has 0 saturated heterocycles. The predicted octanol–water partition coefficient (Wildman–Crippen LogP) is 2.31. The third-order valence-corrected chi connectivity index (χ3v) is 8.08. The van der Waals surface area contributed by atoms with Crippen LogP contribution >= 0.6 is 0 Å². The van der Waals surface area contributed by atoms with Crippen molar-refractivity contribution in [1.29, 1.82) is 0 Å². The Morgan fingerprint density at radius 2 is 2.19 bits per heavy atom. The van der Waals surface area contributed by atoms with Crippen LogP contribution in [-0.2, 0) is 10.0 Å². The highest BCUT2D eigenvalue weighted by Gasteiger charge is 2.42. The molecule has 3 aromatic heterocycles. The molecule has 0 spiro atoms. The largest absolute Gasteiger partial charge is 0.369 e. The number of pyridine rings is 1. The first kappa shape index (κ1) is 17.0. The maximum Gasteiger partial charge on any atom is 0.214 e. The van der Waals surface area contributed by atoms with Gasteiger partial charge in [-0.05, 0) is 37.7 Å². The number of nitrogens with zero attached hydrogens (tertiary/aromatic N) is 3. The number of H-pyrrole nitrogens is 1. The third kappa shape index (κ3) is 2.71. The molecule has 9 heteroatoms. The number of hydrogen-bond acceptors (Lipinski definition) is 5. The van der Waals surface area contributed by atoms with Gasteiger partial charge in [0, 0.05) is 23.7 Å². The van der Waals surface area contributed by atoms with Gasteiger partial charge in [-0.15, -0.1) is 0 Å². The molecule has 0 radical (unpaired) electrons. The Bertz CT molecular complexity index is 1110. The number of nitrogens with one attached hydrogen (secondary N) is 2. The average Bonchev–Trinajstić information content (AvgIpc) is 3.13. The van der Waals surface area contributed by atoms with Crippen LogP contribution in [0.5, 0.6) is 0 Å². The van der Waals surface area contributed by atoms with Crippen LogP contribution < -0.4 is 10.5 Å². The molecule has 0 aromatic carbocycles. The van der Waals surface area contributed by atoms with Crippen molar-refractivity contribution >= 4 is 38.0 Å². The Balaban J connectivity index is 1.55. The molecule has 0 aliphatic heterocycles. The first-order valence-electron chi connectivity index (χ1n) is 9.58. The summed E-state index contributed by atoms with van der Waals surface area (Å²) in [7, 11) is -3.19. The lowest BCUT2D eigenvalue weighted by atomic mass is 10.00. The molecule has 144 valence electrons. The fourth-order valence-electron chi connectivity index (χ4n) is 4.61. The molecule has 0 amide bonds. The van der Waals surface area contributed by atoms with E-state index in [1.807, 2.05) is 12.3 Å². The number of aromatic nitrogens is 4. The van der Waals surface area contributed by atoms with Crippen molar-refractivity contribution in [3.63, 3.8) is 0 Å². The van der Waals surface area contributed by atoms with Crippen molar-refractivity contribution in [2.75, 3.05) is 5.73 Å². The van der Waals surface area contributed by atoms with E-state index < -0.39 is 10.0 Å². The second-order valence-electron chi connectivity index (χ2n) is 7.84. The molecule has 3 heterocycles. The van der Waals surface area contributed by atoms with E-state index in [9.17, 15) is 8.42 Å². The van der Waals surface area contributed by atoms with Gasteiger partial charge in [0.2, 0.25) is 16.0 Å². The summed E-state index contributed by atoms with van der Waals surface area (Å²) in [6.45, 7) is 2.15. The minimum absolute atomic E-state index is 0.0500. The second-order valence-corrected chi connectivity index (χ2v) is 9.83. The highest BCUT2D eigenvalue weighted by atomic mass is 32.2. The molecule has 2 aliphatic carbocycles. The van der Waals surface area contributed by atoms with E-state index in [0.29, 0.717) is 11.9 Å². The maximum absolute atomic E-state index is 12.4. The van der Waals surface area contributed by atoms with Crippen LogP contribution in [0.4, 0.5) is 5.95 Å². The van der Waals surface area contributed by atoms with Gasteiger partial charge in [0.1, 0.15) is 11.2 Å². The number of sulfonamides is 1. The summed E-state index contributed by atoms with van der Waals surface area (Å²) in [5.74, 6) is 0.813. The van der Waals surface area contributed by atoms with Crippen LogP contribution in [0.1, 0.15) is 45.1 Å². The van der Waals surface area contributed by atoms with Crippen molar-refractivity contribution in [2.24, 2.45) is 5.92 Å². The van der Waals surface area contributed by atoms with Crippen molar-refractivity contribution < 1.29 is 8.42 Å². The summed E-state index contributed by atoms with van der Waals surface area (Å²) >= 11 is 0. The number of imidazole rings is 1. The van der Waals surface area contributed by atoms with Crippen LogP contribution in [0.3, 0.4) is 0 Å². The Morgan fingerprint density at radius 3 is 2.93 bits per heavy atom. The van der Waals surface area contributed by atoms with E-state index in [-0.39, 0.29) is 17.3 Å². The zero-order valence-electron chi connectivity index (χ0n) is 15.2. The number of nitrogens with two attached hydrogens (primary N) is 1. The van der Waals surface area contributed by atoms with E-state index in [4.69, 9.17) is 5.73 Å². The van der Waals surface area contributed by atoms with Gasteiger partial charge < -0.3 is 15.3 Å². The van der Waals surface area contributed by atoms with E-state index in [1.165, 1.54) is 0 Å². The minimum atomic E-state index is -3.19. The monoisotopic (exact) mass is 388 g/mol. The SMILES string of the molecule is CC[C@@H]1C[C@H](NS(=O)(=O)C2CC2)C[C@@H]1n1c(N)nc2cnc3[nH]ccc3c21. The Hall–Kier alpha value is -2.13. The zero-order valence-corrected chi connectivity index (χ0v) is 16.0. The summed E-state index contributed by atoms with van der Waals surface area (Å²) in [5, 5.41) is 0.801. The highest BCUT2D eigenvalue weighted by Crippen LogP contribution is 2.43. The second kappa shape index (κ2) is 5.93. The molecular formula is C18H24N6O2S. The normalized spacial score (nSPS) is 26.3. The van der Waals surface area contributed by atoms with Crippen molar-refractivity contribution in [3.05, 3.63) is 18.5 Å². The Kier molecular flexibility index (Phi) is 3.74. The summed E-state index contributed by atoms with van der Waals surface area (Å²) in [4.78, 5) is 12.1. The van der Waals surface area contributed by atoms with E-state index in [0.717, 1.165) is 54.2 Å². The Labute approximate surface area is 157 Å². The predicted molar refractivity (Wildman–Crippen MR) is 105 cm³/mol. The molecule has 3 atom stereocenters. The topological polar surface area (TPSA) is 119 Å². The molecule has 4 N–H and O–H groups in total. The molecular weight excluding hydrogens is 364 g/mol. The standard InChI is InChI=1S/C18H24N6O2S/c1-2-10-7-11(23-27(25,26)12-3-4-12)8-15(10)24-16-13-5-6-20-17(13)21-9-14(16)22-18(24)19/h5-6,9-12,15,23H,2-4,7-8H2,1H3,(H2,19,22)(H,20,21)/t10-,11+,15+/m1/s1. The number of hydrogen-bond donors (Lipinski definition) is 3. The first-order chi connectivity index (χ1) is 13.0. The van der Waals surface area contributed by atoms with Crippen LogP contribution in [0.2, 0.25) is 0 Å². The lowest BCUT2D eigenvalue weighted by molar-refractivity contribution is 0.381. The number of rotatable bonds is 5. The zero-order chi connectivity index (χ0) is 18.8. The molecule has 2 saturated carbocycles. The van der Waals surface area contributed by atoms with E-state index >= 15 is 0 Å². The summed E-state index contributed by atoms with van der Waals surface area (Å²) in [5.41, 5.74) is 8.88. The highest BCUT2D eigenvalue weighted by molar-refractivity contribution is 7.90. The van der Waals surface area contributed by atoms with Crippen LogP contribution in [0, 0.1) is 5.92 Å². The van der Waals surface area contributed by atoms with Gasteiger partial charge in [-0.1, -0.05) is 13.3 Å². The van der Waals surface area contributed by atoms with Crippen LogP contribution in [0.25, 0.3) is 22.1 Å². The van der Waals surface area contributed by atoms with Gasteiger partial charge in [-0.2, -0.15) is 0 Å². The molecule has 5 rings (SSSR count). The maximum atomic E-state index is 12.4. The van der Waals surface area contributed by atoms with Gasteiger partial charge in [0.25, 0.3) is 0 Å². The molecule has 27 heavy (non-hydrogen) atoms. The summed E-state index contributed by atoms with van der Waals surface area (Å²) in [6, 6.07) is 2.06. The molecule has 3 aromatic rings. The summed E-state index contributed by atoms with van der Waals surface area (Å²) < 4.78 is 29.8. The van der Waals surface area contributed by atoms with E-state index in [1.54, 1.807) is 6.20 Å². The van der Waals surface area contributed by atoms with E-state index in [2.05, 4.69) is 31.2 Å². The van der Waals surface area contributed by atoms with Crippen molar-refractivity contribution in [2.45, 2.75) is 56.4 Å². The average molecular weight is 388 g/mol. The number of anilines is 1. The number of aromatic amines is 1. The number of nitrogen functional groups attached to an aromatic ring is 1. The quantitative estimate of drug-likeness (QED) is 0.620. The van der Waals surface area contributed by atoms with Crippen molar-refractivity contribution in [3.8, 4) is 0 Å². The molecule has 8 nitrogen and oxygen atoms in total. The minimum Gasteiger partial charge on any atom is -0.369 e. The molecule has 0 unspecified atom stereocenters. The smallest absolute Gasteiger partial charge is 0.214 e. The van der Waals surface area contributed by atoms with Gasteiger partial charge in [-0.25, -0.2) is 23.1 Å². The lowest BCUT2D eigenvalue weighted by Gasteiger charge is -2.21.